The first-order valence-corrected chi connectivity index (χ1v) is 9.41. The molecule has 0 aliphatic rings. The van der Waals surface area contributed by atoms with Crippen molar-refractivity contribution >= 4 is 11.8 Å². The molecule has 0 aliphatic carbocycles. The van der Waals surface area contributed by atoms with Gasteiger partial charge in [-0.25, -0.2) is 0 Å². The van der Waals surface area contributed by atoms with Crippen molar-refractivity contribution in [3.63, 3.8) is 0 Å². The van der Waals surface area contributed by atoms with Gasteiger partial charge in [-0.05, 0) is 30.3 Å². The smallest absolute Gasteiger partial charge is 0.254 e. The zero-order chi connectivity index (χ0) is 21.2. The first kappa shape index (κ1) is 22.2. The third-order valence-electron chi connectivity index (χ3n) is 4.60. The van der Waals surface area contributed by atoms with Crippen molar-refractivity contribution < 1.29 is 19.1 Å². The number of nitrogens with zero attached hydrogens (tertiary/aromatic N) is 3. The van der Waals surface area contributed by atoms with Gasteiger partial charge in [-0.1, -0.05) is 12.1 Å². The van der Waals surface area contributed by atoms with Crippen molar-refractivity contribution in [1.82, 2.24) is 14.4 Å². The van der Waals surface area contributed by atoms with Crippen LogP contribution in [0.2, 0.25) is 0 Å². The summed E-state index contributed by atoms with van der Waals surface area (Å²) in [7, 11) is 5.08. The van der Waals surface area contributed by atoms with Gasteiger partial charge >= 0.3 is 0 Å². The van der Waals surface area contributed by atoms with E-state index >= 15 is 0 Å². The van der Waals surface area contributed by atoms with E-state index in [2.05, 4.69) is 6.58 Å². The Morgan fingerprint density at radius 2 is 1.97 bits per heavy atom. The molecule has 7 heteroatoms. The van der Waals surface area contributed by atoms with Crippen LogP contribution in [0.4, 0.5) is 0 Å². The maximum absolute atomic E-state index is 13.0. The summed E-state index contributed by atoms with van der Waals surface area (Å²) in [6, 6.07) is 10.8. The lowest BCUT2D eigenvalue weighted by Crippen LogP contribution is -2.44. The maximum Gasteiger partial charge on any atom is 0.254 e. The highest BCUT2D eigenvalue weighted by Crippen LogP contribution is 2.15. The molecule has 1 aromatic carbocycles. The Hall–Kier alpha value is -3.06. The van der Waals surface area contributed by atoms with E-state index in [1.807, 2.05) is 29.9 Å². The van der Waals surface area contributed by atoms with E-state index in [9.17, 15) is 9.59 Å². The fraction of sp³-hybridized carbons (Fsp3) is 0.364. The molecule has 1 aromatic heterocycles. The molecule has 2 rings (SSSR count). The molecule has 0 aliphatic heterocycles. The predicted molar refractivity (Wildman–Crippen MR) is 112 cm³/mol. The Bertz CT molecular complexity index is 831. The normalized spacial score (nSPS) is 10.4. The van der Waals surface area contributed by atoms with E-state index < -0.39 is 0 Å². The van der Waals surface area contributed by atoms with E-state index in [1.165, 1.54) is 4.90 Å². The van der Waals surface area contributed by atoms with Gasteiger partial charge in [-0.3, -0.25) is 9.59 Å². The number of benzene rings is 1. The van der Waals surface area contributed by atoms with Gasteiger partial charge in [0.05, 0.1) is 20.3 Å². The zero-order valence-corrected chi connectivity index (χ0v) is 17.3. The lowest BCUT2D eigenvalue weighted by Gasteiger charge is -2.27. The SMILES string of the molecule is C=CCN(CC(=O)N(CCOC)Cc1cccn1C)C(=O)c1cccc(OC)c1. The largest absolute Gasteiger partial charge is 0.497 e. The van der Waals surface area contributed by atoms with Gasteiger partial charge in [0.25, 0.3) is 5.91 Å². The molecule has 2 amide bonds. The monoisotopic (exact) mass is 399 g/mol. The Morgan fingerprint density at radius 1 is 1.17 bits per heavy atom. The summed E-state index contributed by atoms with van der Waals surface area (Å²) >= 11 is 0. The third-order valence-corrected chi connectivity index (χ3v) is 4.60. The Labute approximate surface area is 172 Å². The third kappa shape index (κ3) is 6.22. The number of carbonyl (C=O) groups is 2. The van der Waals surface area contributed by atoms with Crippen LogP contribution in [-0.2, 0) is 23.1 Å². The van der Waals surface area contributed by atoms with Crippen molar-refractivity contribution in [1.29, 1.82) is 0 Å². The molecule has 7 nitrogen and oxygen atoms in total. The molecule has 156 valence electrons. The van der Waals surface area contributed by atoms with Crippen LogP contribution < -0.4 is 4.74 Å². The van der Waals surface area contributed by atoms with Crippen LogP contribution in [0.25, 0.3) is 0 Å². The van der Waals surface area contributed by atoms with Gasteiger partial charge in [0, 0.05) is 44.7 Å². The highest BCUT2D eigenvalue weighted by molar-refractivity contribution is 5.97. The van der Waals surface area contributed by atoms with Gasteiger partial charge < -0.3 is 23.8 Å². The van der Waals surface area contributed by atoms with E-state index in [4.69, 9.17) is 9.47 Å². The van der Waals surface area contributed by atoms with Gasteiger partial charge in [-0.15, -0.1) is 6.58 Å². The second-order valence-electron chi connectivity index (χ2n) is 6.62. The molecule has 0 bridgehead atoms. The van der Waals surface area contributed by atoms with Crippen molar-refractivity contribution in [3.05, 3.63) is 66.5 Å². The fourth-order valence-electron chi connectivity index (χ4n) is 2.93. The van der Waals surface area contributed by atoms with Gasteiger partial charge in [0.1, 0.15) is 12.3 Å². The first-order chi connectivity index (χ1) is 14.0. The number of amides is 2. The van der Waals surface area contributed by atoms with Crippen molar-refractivity contribution in [2.75, 3.05) is 40.5 Å². The van der Waals surface area contributed by atoms with Crippen LogP contribution in [0.5, 0.6) is 5.75 Å². The molecule has 2 aromatic rings. The van der Waals surface area contributed by atoms with E-state index in [0.717, 1.165) is 5.69 Å². The zero-order valence-electron chi connectivity index (χ0n) is 17.3. The number of aromatic nitrogens is 1. The maximum atomic E-state index is 13.0. The minimum Gasteiger partial charge on any atom is -0.497 e. The lowest BCUT2D eigenvalue weighted by molar-refractivity contribution is -0.133. The molecule has 0 saturated carbocycles. The molecule has 0 unspecified atom stereocenters. The fourth-order valence-corrected chi connectivity index (χ4v) is 2.93. The highest BCUT2D eigenvalue weighted by Gasteiger charge is 2.22. The second-order valence-corrected chi connectivity index (χ2v) is 6.62. The van der Waals surface area contributed by atoms with Crippen LogP contribution in [0.3, 0.4) is 0 Å². The molecule has 0 saturated heterocycles. The number of carbonyl (C=O) groups excluding carboxylic acids is 2. The molecule has 0 N–H and O–H groups in total. The number of hydrogen-bond donors (Lipinski definition) is 0. The molecule has 1 heterocycles. The summed E-state index contributed by atoms with van der Waals surface area (Å²) in [6.45, 7) is 5.24. The van der Waals surface area contributed by atoms with Crippen molar-refractivity contribution in [2.45, 2.75) is 6.54 Å². The van der Waals surface area contributed by atoms with Crippen LogP contribution in [0.1, 0.15) is 16.1 Å². The number of rotatable bonds is 11. The molecular weight excluding hydrogens is 370 g/mol. The summed E-state index contributed by atoms with van der Waals surface area (Å²) in [5.74, 6) is 0.190. The van der Waals surface area contributed by atoms with Crippen LogP contribution in [-0.4, -0.2) is 66.6 Å². The first-order valence-electron chi connectivity index (χ1n) is 9.41. The Balaban J connectivity index is 2.16. The minimum atomic E-state index is -0.247. The minimum absolute atomic E-state index is 0.0454. The van der Waals surface area contributed by atoms with Crippen LogP contribution in [0.15, 0.2) is 55.3 Å². The van der Waals surface area contributed by atoms with Gasteiger partial charge in [-0.2, -0.15) is 0 Å². The predicted octanol–water partition coefficient (Wildman–Crippen LogP) is 2.34. The van der Waals surface area contributed by atoms with Gasteiger partial charge in [0.2, 0.25) is 5.91 Å². The number of methoxy groups -OCH3 is 2. The van der Waals surface area contributed by atoms with E-state index in [0.29, 0.717) is 31.0 Å². The van der Waals surface area contributed by atoms with Crippen LogP contribution >= 0.6 is 0 Å². The Kier molecular flexibility index (Phi) is 8.48. The number of aryl methyl sites for hydroxylation is 1. The van der Waals surface area contributed by atoms with E-state index in [-0.39, 0.29) is 24.9 Å². The molecular formula is C22H29N3O4. The molecule has 0 atom stereocenters. The average molecular weight is 399 g/mol. The average Bonchev–Trinajstić information content (AvgIpc) is 3.14. The summed E-state index contributed by atoms with van der Waals surface area (Å²) in [5.41, 5.74) is 1.47. The van der Waals surface area contributed by atoms with Crippen molar-refractivity contribution in [3.8, 4) is 5.75 Å². The second kappa shape index (κ2) is 11.1. The van der Waals surface area contributed by atoms with Crippen molar-refractivity contribution in [2.24, 2.45) is 7.05 Å². The molecule has 29 heavy (non-hydrogen) atoms. The topological polar surface area (TPSA) is 64.0 Å². The number of hydrogen-bond acceptors (Lipinski definition) is 4. The van der Waals surface area contributed by atoms with E-state index in [1.54, 1.807) is 49.5 Å². The summed E-state index contributed by atoms with van der Waals surface area (Å²) in [6.07, 6.45) is 3.55. The quantitative estimate of drug-likeness (QED) is 0.544. The standard InChI is InChI=1S/C22H29N3O4/c1-5-11-25(22(27)18-8-6-10-20(15-18)29-4)17-21(26)24(13-14-28-3)16-19-9-7-12-23(19)2/h5-10,12,15H,1,11,13-14,16-17H2,2-4H3. The lowest BCUT2D eigenvalue weighted by atomic mass is 10.2. The molecule has 0 spiro atoms. The molecule has 0 fully saturated rings. The highest BCUT2D eigenvalue weighted by atomic mass is 16.5. The molecule has 0 radical (unpaired) electrons. The Morgan fingerprint density at radius 3 is 2.59 bits per heavy atom. The summed E-state index contributed by atoms with van der Waals surface area (Å²) in [4.78, 5) is 29.2. The van der Waals surface area contributed by atoms with Gasteiger partial charge in [0.15, 0.2) is 0 Å². The summed E-state index contributed by atoms with van der Waals surface area (Å²) in [5, 5.41) is 0. The number of ether oxygens (including phenoxy) is 2. The summed E-state index contributed by atoms with van der Waals surface area (Å²) < 4.78 is 12.3. The van der Waals surface area contributed by atoms with Crippen LogP contribution in [0, 0.1) is 0 Å².